The van der Waals surface area contributed by atoms with Crippen molar-refractivity contribution in [2.24, 2.45) is 5.73 Å². The van der Waals surface area contributed by atoms with Crippen molar-refractivity contribution >= 4 is 40.2 Å². The highest BCUT2D eigenvalue weighted by Gasteiger charge is 2.05. The molecule has 0 aromatic heterocycles. The maximum Gasteiger partial charge on any atom is 0.105 e. The molecule has 0 saturated carbocycles. The molecule has 2 aromatic rings. The van der Waals surface area contributed by atoms with Crippen LogP contribution in [0.4, 0.5) is 11.4 Å². The highest BCUT2D eigenvalue weighted by molar-refractivity contribution is 7.80. The van der Waals surface area contributed by atoms with Gasteiger partial charge in [0.15, 0.2) is 0 Å². The van der Waals surface area contributed by atoms with Crippen molar-refractivity contribution in [3.63, 3.8) is 0 Å². The van der Waals surface area contributed by atoms with Crippen LogP contribution in [0, 0.1) is 0 Å². The van der Waals surface area contributed by atoms with E-state index in [0.29, 0.717) is 15.6 Å². The summed E-state index contributed by atoms with van der Waals surface area (Å²) in [5.74, 6) is 0. The van der Waals surface area contributed by atoms with Gasteiger partial charge in [-0.2, -0.15) is 0 Å². The fourth-order valence-corrected chi connectivity index (χ4v) is 2.42. The lowest BCUT2D eigenvalue weighted by Crippen LogP contribution is -2.10. The van der Waals surface area contributed by atoms with Crippen LogP contribution >= 0.6 is 23.8 Å². The Hall–Kier alpha value is -1.58. The smallest absolute Gasteiger partial charge is 0.105 e. The second kappa shape index (κ2) is 6.04. The van der Waals surface area contributed by atoms with Gasteiger partial charge in [0.25, 0.3) is 0 Å². The molecule has 0 atom stereocenters. The van der Waals surface area contributed by atoms with Crippen LogP contribution in [-0.2, 0) is 6.42 Å². The van der Waals surface area contributed by atoms with E-state index in [0.717, 1.165) is 17.8 Å². The first-order valence-electron chi connectivity index (χ1n) is 6.06. The van der Waals surface area contributed by atoms with Gasteiger partial charge in [-0.1, -0.05) is 48.9 Å². The van der Waals surface area contributed by atoms with Gasteiger partial charge in [-0.05, 0) is 36.2 Å². The van der Waals surface area contributed by atoms with Crippen molar-refractivity contribution in [2.45, 2.75) is 13.3 Å². The van der Waals surface area contributed by atoms with Crippen molar-refractivity contribution in [1.29, 1.82) is 0 Å². The van der Waals surface area contributed by atoms with E-state index in [-0.39, 0.29) is 0 Å². The molecule has 2 nitrogen and oxygen atoms in total. The molecule has 4 heteroatoms. The predicted octanol–water partition coefficient (Wildman–Crippen LogP) is 4.28. The standard InChI is InChI=1S/C15H15ClN2S/c1-2-10-5-3-4-6-14(10)18-11-7-8-12(15(17)19)13(16)9-11/h3-9,18H,2H2,1H3,(H2,17,19). The number of para-hydroxylation sites is 1. The Morgan fingerprint density at radius 2 is 2.00 bits per heavy atom. The van der Waals surface area contributed by atoms with Crippen molar-refractivity contribution in [1.82, 2.24) is 0 Å². The van der Waals surface area contributed by atoms with Gasteiger partial charge >= 0.3 is 0 Å². The van der Waals surface area contributed by atoms with Gasteiger partial charge in [-0.25, -0.2) is 0 Å². The van der Waals surface area contributed by atoms with E-state index in [1.807, 2.05) is 36.4 Å². The zero-order chi connectivity index (χ0) is 13.8. The largest absolute Gasteiger partial charge is 0.389 e. The van der Waals surface area contributed by atoms with Crippen LogP contribution in [0.15, 0.2) is 42.5 Å². The average molecular weight is 291 g/mol. The zero-order valence-electron chi connectivity index (χ0n) is 10.6. The minimum absolute atomic E-state index is 0.311. The average Bonchev–Trinajstić information content (AvgIpc) is 2.39. The second-order valence-corrected chi connectivity index (χ2v) is 5.04. The first-order chi connectivity index (χ1) is 9.11. The molecule has 0 radical (unpaired) electrons. The molecular weight excluding hydrogens is 276 g/mol. The van der Waals surface area contributed by atoms with Crippen LogP contribution in [0.5, 0.6) is 0 Å². The molecule has 0 spiro atoms. The van der Waals surface area contributed by atoms with Crippen LogP contribution in [0.3, 0.4) is 0 Å². The summed E-state index contributed by atoms with van der Waals surface area (Å²) in [7, 11) is 0. The van der Waals surface area contributed by atoms with Crippen molar-refractivity contribution in [3.8, 4) is 0 Å². The summed E-state index contributed by atoms with van der Waals surface area (Å²) in [5, 5.41) is 3.92. The molecule has 3 N–H and O–H groups in total. The first-order valence-corrected chi connectivity index (χ1v) is 6.84. The molecule has 0 aliphatic heterocycles. The molecule has 0 amide bonds. The fourth-order valence-electron chi connectivity index (χ4n) is 1.90. The summed E-state index contributed by atoms with van der Waals surface area (Å²) in [6.45, 7) is 2.13. The number of aryl methyl sites for hydroxylation is 1. The Labute approximate surface area is 123 Å². The van der Waals surface area contributed by atoms with Crippen molar-refractivity contribution in [2.75, 3.05) is 5.32 Å². The molecule has 0 saturated heterocycles. The minimum Gasteiger partial charge on any atom is -0.389 e. The molecule has 0 bridgehead atoms. The van der Waals surface area contributed by atoms with Gasteiger partial charge in [0, 0.05) is 16.9 Å². The Balaban J connectivity index is 2.29. The van der Waals surface area contributed by atoms with Crippen molar-refractivity contribution < 1.29 is 0 Å². The first kappa shape index (κ1) is 13.8. The summed E-state index contributed by atoms with van der Waals surface area (Å²) in [6, 6.07) is 13.8. The highest BCUT2D eigenvalue weighted by atomic mass is 35.5. The topological polar surface area (TPSA) is 38.0 Å². The number of thiocarbonyl (C=S) groups is 1. The normalized spacial score (nSPS) is 10.2. The van der Waals surface area contributed by atoms with Gasteiger partial charge in [0.2, 0.25) is 0 Å². The Morgan fingerprint density at radius 3 is 2.63 bits per heavy atom. The Bertz CT molecular complexity index is 611. The van der Waals surface area contributed by atoms with E-state index in [2.05, 4.69) is 18.3 Å². The van der Waals surface area contributed by atoms with Gasteiger partial charge in [0.1, 0.15) is 4.99 Å². The maximum atomic E-state index is 6.16. The number of benzene rings is 2. The van der Waals surface area contributed by atoms with E-state index < -0.39 is 0 Å². The minimum atomic E-state index is 0.311. The van der Waals surface area contributed by atoms with Crippen LogP contribution in [0.2, 0.25) is 5.02 Å². The summed E-state index contributed by atoms with van der Waals surface area (Å²) in [6.07, 6.45) is 0.974. The zero-order valence-corrected chi connectivity index (χ0v) is 12.2. The predicted molar refractivity (Wildman–Crippen MR) is 86.4 cm³/mol. The van der Waals surface area contributed by atoms with Crippen molar-refractivity contribution in [3.05, 3.63) is 58.6 Å². The van der Waals surface area contributed by atoms with E-state index in [9.17, 15) is 0 Å². The molecule has 0 fully saturated rings. The second-order valence-electron chi connectivity index (χ2n) is 4.19. The van der Waals surface area contributed by atoms with Gasteiger partial charge in [-0.3, -0.25) is 0 Å². The summed E-state index contributed by atoms with van der Waals surface area (Å²) >= 11 is 11.1. The van der Waals surface area contributed by atoms with Crippen LogP contribution in [0.1, 0.15) is 18.1 Å². The number of halogens is 1. The molecule has 98 valence electrons. The summed E-state index contributed by atoms with van der Waals surface area (Å²) in [4.78, 5) is 0.311. The number of nitrogens with two attached hydrogens (primary N) is 1. The molecular formula is C15H15ClN2S. The van der Waals surface area contributed by atoms with Crippen LogP contribution in [0.25, 0.3) is 0 Å². The number of hydrogen-bond acceptors (Lipinski definition) is 2. The van der Waals surface area contributed by atoms with Gasteiger partial charge in [0.05, 0.1) is 5.02 Å². The summed E-state index contributed by atoms with van der Waals surface area (Å²) in [5.41, 5.74) is 9.56. The Kier molecular flexibility index (Phi) is 4.40. The highest BCUT2D eigenvalue weighted by Crippen LogP contribution is 2.25. The van der Waals surface area contributed by atoms with E-state index in [1.165, 1.54) is 5.56 Å². The van der Waals surface area contributed by atoms with Gasteiger partial charge in [-0.15, -0.1) is 0 Å². The van der Waals surface area contributed by atoms with Gasteiger partial charge < -0.3 is 11.1 Å². The third kappa shape index (κ3) is 3.25. The number of nitrogens with one attached hydrogen (secondary N) is 1. The molecule has 2 rings (SSSR count). The fraction of sp³-hybridized carbons (Fsp3) is 0.133. The van der Waals surface area contributed by atoms with E-state index >= 15 is 0 Å². The molecule has 2 aromatic carbocycles. The molecule has 0 heterocycles. The van der Waals surface area contributed by atoms with Crippen LogP contribution < -0.4 is 11.1 Å². The lowest BCUT2D eigenvalue weighted by Gasteiger charge is -2.12. The summed E-state index contributed by atoms with van der Waals surface area (Å²) < 4.78 is 0. The lowest BCUT2D eigenvalue weighted by molar-refractivity contribution is 1.14. The third-order valence-electron chi connectivity index (χ3n) is 2.91. The third-order valence-corrected chi connectivity index (χ3v) is 3.44. The molecule has 0 aliphatic rings. The maximum absolute atomic E-state index is 6.16. The lowest BCUT2D eigenvalue weighted by atomic mass is 10.1. The van der Waals surface area contributed by atoms with Crippen LogP contribution in [-0.4, -0.2) is 4.99 Å². The molecule has 0 unspecified atom stereocenters. The van der Waals surface area contributed by atoms with E-state index in [4.69, 9.17) is 29.6 Å². The quantitative estimate of drug-likeness (QED) is 0.826. The van der Waals surface area contributed by atoms with E-state index in [1.54, 1.807) is 0 Å². The monoisotopic (exact) mass is 290 g/mol. The molecule has 19 heavy (non-hydrogen) atoms. The number of hydrogen-bond donors (Lipinski definition) is 2. The number of rotatable bonds is 4. The molecule has 0 aliphatic carbocycles. The SMILES string of the molecule is CCc1ccccc1Nc1ccc(C(N)=S)c(Cl)c1. The Morgan fingerprint density at radius 1 is 1.26 bits per heavy atom. The number of anilines is 2.